The summed E-state index contributed by atoms with van der Waals surface area (Å²) in [6.45, 7) is 4.65. The first kappa shape index (κ1) is 12.0. The lowest BCUT2D eigenvalue weighted by molar-refractivity contribution is 0.279. The predicted molar refractivity (Wildman–Crippen MR) is 60.9 cm³/mol. The van der Waals surface area contributed by atoms with E-state index >= 15 is 0 Å². The van der Waals surface area contributed by atoms with Crippen molar-refractivity contribution in [3.63, 3.8) is 0 Å². The summed E-state index contributed by atoms with van der Waals surface area (Å²) < 4.78 is 1.75. The Morgan fingerprint density at radius 1 is 1.33 bits per heavy atom. The van der Waals surface area contributed by atoms with Gasteiger partial charge in [-0.25, -0.2) is 0 Å². The van der Waals surface area contributed by atoms with Gasteiger partial charge in [-0.3, -0.25) is 4.79 Å². The van der Waals surface area contributed by atoms with E-state index in [9.17, 15) is 4.79 Å². The molecule has 0 aliphatic carbocycles. The van der Waals surface area contributed by atoms with Crippen LogP contribution in [0.25, 0.3) is 0 Å². The molecule has 1 aromatic rings. The number of unbranched alkanes of at least 4 members (excludes halogenated alkanes) is 2. The molecule has 0 spiro atoms. The Labute approximate surface area is 90.4 Å². The van der Waals surface area contributed by atoms with Gasteiger partial charge in [0.25, 0.3) is 5.56 Å². The van der Waals surface area contributed by atoms with E-state index in [0.29, 0.717) is 5.56 Å². The van der Waals surface area contributed by atoms with Crippen LogP contribution in [0.3, 0.4) is 0 Å². The quantitative estimate of drug-likeness (QED) is 0.752. The van der Waals surface area contributed by atoms with E-state index in [2.05, 4.69) is 6.92 Å². The Morgan fingerprint density at radius 3 is 2.67 bits per heavy atom. The predicted octanol–water partition coefficient (Wildman–Crippen LogP) is 1.84. The molecule has 1 aromatic heterocycles. The van der Waals surface area contributed by atoms with Crippen LogP contribution >= 0.6 is 0 Å². The summed E-state index contributed by atoms with van der Waals surface area (Å²) >= 11 is 0. The number of aromatic nitrogens is 1. The molecule has 3 heteroatoms. The van der Waals surface area contributed by atoms with E-state index < -0.39 is 0 Å². The highest BCUT2D eigenvalue weighted by Gasteiger charge is 2.04. The molecule has 0 saturated heterocycles. The Morgan fingerprint density at radius 2 is 2.07 bits per heavy atom. The molecule has 0 aliphatic heterocycles. The van der Waals surface area contributed by atoms with Crippen molar-refractivity contribution in [2.24, 2.45) is 0 Å². The molecule has 0 saturated carbocycles. The van der Waals surface area contributed by atoms with Crippen molar-refractivity contribution in [3.05, 3.63) is 33.7 Å². The molecular weight excluding hydrogens is 190 g/mol. The van der Waals surface area contributed by atoms with Crippen LogP contribution in [0.4, 0.5) is 0 Å². The van der Waals surface area contributed by atoms with E-state index in [-0.39, 0.29) is 12.2 Å². The second kappa shape index (κ2) is 5.71. The highest BCUT2D eigenvalue weighted by Crippen LogP contribution is 2.02. The Kier molecular flexibility index (Phi) is 4.56. The largest absolute Gasteiger partial charge is 0.391 e. The van der Waals surface area contributed by atoms with Crippen LogP contribution < -0.4 is 5.56 Å². The zero-order valence-corrected chi connectivity index (χ0v) is 9.49. The summed E-state index contributed by atoms with van der Waals surface area (Å²) in [7, 11) is 0. The maximum atomic E-state index is 11.8. The summed E-state index contributed by atoms with van der Waals surface area (Å²) in [6, 6.07) is 3.59. The van der Waals surface area contributed by atoms with Gasteiger partial charge in [-0.1, -0.05) is 19.8 Å². The minimum absolute atomic E-state index is 0.0476. The summed E-state index contributed by atoms with van der Waals surface area (Å²) in [5.74, 6) is 0. The molecule has 15 heavy (non-hydrogen) atoms. The van der Waals surface area contributed by atoms with Crippen LogP contribution in [0.1, 0.15) is 37.4 Å². The number of nitrogens with zero attached hydrogens (tertiary/aromatic N) is 1. The molecule has 0 fully saturated rings. The van der Waals surface area contributed by atoms with Gasteiger partial charge in [0.05, 0.1) is 6.61 Å². The molecular formula is C12H19NO2. The normalized spacial score (nSPS) is 10.6. The van der Waals surface area contributed by atoms with Gasteiger partial charge in [0, 0.05) is 17.8 Å². The maximum absolute atomic E-state index is 11.8. The fraction of sp³-hybridized carbons (Fsp3) is 0.583. The average Bonchev–Trinajstić information content (AvgIpc) is 2.23. The lowest BCUT2D eigenvalue weighted by atomic mass is 10.2. The molecule has 1 N–H and O–H groups in total. The first-order valence-corrected chi connectivity index (χ1v) is 5.51. The number of hydrogen-bond acceptors (Lipinski definition) is 2. The molecule has 3 nitrogen and oxygen atoms in total. The number of pyridine rings is 1. The number of aryl methyl sites for hydroxylation is 1. The molecule has 0 amide bonds. The Hall–Kier alpha value is -1.09. The van der Waals surface area contributed by atoms with Gasteiger partial charge in [-0.2, -0.15) is 0 Å². The third-order valence-electron chi connectivity index (χ3n) is 2.63. The monoisotopic (exact) mass is 209 g/mol. The summed E-state index contributed by atoms with van der Waals surface area (Å²) in [5.41, 5.74) is 1.40. The molecule has 0 bridgehead atoms. The van der Waals surface area contributed by atoms with E-state index in [1.807, 2.05) is 13.0 Å². The van der Waals surface area contributed by atoms with E-state index in [1.165, 1.54) is 0 Å². The van der Waals surface area contributed by atoms with Gasteiger partial charge in [-0.05, 0) is 25.5 Å². The average molecular weight is 209 g/mol. The van der Waals surface area contributed by atoms with Gasteiger partial charge in [-0.15, -0.1) is 0 Å². The molecule has 0 aromatic carbocycles. The standard InChI is InChI=1S/C12H19NO2/c1-3-4-5-8-13-10(2)6-7-11(9-14)12(13)15/h6-7,14H,3-5,8-9H2,1-2H3. The zero-order valence-electron chi connectivity index (χ0n) is 9.49. The lowest BCUT2D eigenvalue weighted by Gasteiger charge is -2.10. The van der Waals surface area contributed by atoms with Gasteiger partial charge in [0.1, 0.15) is 0 Å². The van der Waals surface area contributed by atoms with Gasteiger partial charge in [0.2, 0.25) is 0 Å². The highest BCUT2D eigenvalue weighted by molar-refractivity contribution is 5.14. The van der Waals surface area contributed by atoms with Gasteiger partial charge in [0.15, 0.2) is 0 Å². The van der Waals surface area contributed by atoms with E-state index in [1.54, 1.807) is 10.6 Å². The molecule has 0 aliphatic rings. The van der Waals surface area contributed by atoms with Crippen molar-refractivity contribution in [1.29, 1.82) is 0 Å². The van der Waals surface area contributed by atoms with Crippen LogP contribution in [0.15, 0.2) is 16.9 Å². The van der Waals surface area contributed by atoms with Crippen LogP contribution in [0, 0.1) is 6.92 Å². The highest BCUT2D eigenvalue weighted by atomic mass is 16.3. The second-order valence-electron chi connectivity index (χ2n) is 3.82. The van der Waals surface area contributed by atoms with Crippen molar-refractivity contribution in [1.82, 2.24) is 4.57 Å². The van der Waals surface area contributed by atoms with Crippen molar-refractivity contribution < 1.29 is 5.11 Å². The molecule has 84 valence electrons. The zero-order chi connectivity index (χ0) is 11.3. The van der Waals surface area contributed by atoms with Crippen molar-refractivity contribution in [3.8, 4) is 0 Å². The molecule has 0 radical (unpaired) electrons. The van der Waals surface area contributed by atoms with Gasteiger partial charge >= 0.3 is 0 Å². The maximum Gasteiger partial charge on any atom is 0.256 e. The third-order valence-corrected chi connectivity index (χ3v) is 2.63. The van der Waals surface area contributed by atoms with E-state index in [0.717, 1.165) is 31.5 Å². The number of aliphatic hydroxyl groups excluding tert-OH is 1. The first-order valence-electron chi connectivity index (χ1n) is 5.51. The fourth-order valence-corrected chi connectivity index (χ4v) is 1.63. The summed E-state index contributed by atoms with van der Waals surface area (Å²) in [6.07, 6.45) is 3.30. The molecule has 0 atom stereocenters. The van der Waals surface area contributed by atoms with Crippen molar-refractivity contribution in [2.75, 3.05) is 0 Å². The topological polar surface area (TPSA) is 42.2 Å². The number of hydrogen-bond donors (Lipinski definition) is 1. The summed E-state index contributed by atoms with van der Waals surface area (Å²) in [5, 5.41) is 8.99. The van der Waals surface area contributed by atoms with Crippen LogP contribution in [0.5, 0.6) is 0 Å². The number of aliphatic hydroxyl groups is 1. The number of rotatable bonds is 5. The Bertz CT molecular complexity index is 368. The van der Waals surface area contributed by atoms with Crippen molar-refractivity contribution >= 4 is 0 Å². The van der Waals surface area contributed by atoms with Crippen LogP contribution in [0.2, 0.25) is 0 Å². The Balaban J connectivity index is 2.89. The molecule has 0 unspecified atom stereocenters. The fourth-order valence-electron chi connectivity index (χ4n) is 1.63. The third kappa shape index (κ3) is 2.93. The molecule has 1 rings (SSSR count). The SMILES string of the molecule is CCCCCn1c(C)ccc(CO)c1=O. The summed E-state index contributed by atoms with van der Waals surface area (Å²) in [4.78, 5) is 11.8. The van der Waals surface area contributed by atoms with E-state index in [4.69, 9.17) is 5.11 Å². The minimum atomic E-state index is -0.174. The second-order valence-corrected chi connectivity index (χ2v) is 3.82. The lowest BCUT2D eigenvalue weighted by Crippen LogP contribution is -2.25. The van der Waals surface area contributed by atoms with Crippen LogP contribution in [-0.2, 0) is 13.2 Å². The van der Waals surface area contributed by atoms with Crippen LogP contribution in [-0.4, -0.2) is 9.67 Å². The first-order chi connectivity index (χ1) is 7.20. The smallest absolute Gasteiger partial charge is 0.256 e. The minimum Gasteiger partial charge on any atom is -0.391 e. The van der Waals surface area contributed by atoms with Gasteiger partial charge < -0.3 is 9.67 Å². The van der Waals surface area contributed by atoms with Crippen molar-refractivity contribution in [2.45, 2.75) is 46.3 Å². The molecule has 1 heterocycles.